The van der Waals surface area contributed by atoms with E-state index in [0.29, 0.717) is 5.56 Å². The first kappa shape index (κ1) is 20.7. The lowest BCUT2D eigenvalue weighted by Gasteiger charge is -2.46. The molecule has 0 amide bonds. The highest BCUT2D eigenvalue weighted by molar-refractivity contribution is 7.17. The maximum atomic E-state index is 10.8. The van der Waals surface area contributed by atoms with Gasteiger partial charge in [0.15, 0.2) is 0 Å². The number of ether oxygens (including phenoxy) is 2. The third kappa shape index (κ3) is 3.15. The van der Waals surface area contributed by atoms with E-state index in [4.69, 9.17) is 9.47 Å². The zero-order valence-corrected chi connectivity index (χ0v) is 18.3. The second-order valence-electron chi connectivity index (χ2n) is 9.18. The fourth-order valence-corrected chi connectivity index (χ4v) is 6.05. The minimum atomic E-state index is -1.61. The standard InChI is InChI=1S/C25H26O6S/c26-10-20-22(27)23(28)24(29)25(31-20)19-9-18-17(12-32-21(18)8-16(19)11-30-25)7-13-1-3-14(4-2-13)15-5-6-15/h1-4,8-9,12,15,20,22-24,26-29H,5-7,10-11H2/t20-,22-,23+,24-,25+/m1/s1. The normalized spacial score (nSPS) is 32.0. The van der Waals surface area contributed by atoms with E-state index in [1.807, 2.05) is 12.1 Å². The molecule has 6 rings (SSSR count). The summed E-state index contributed by atoms with van der Waals surface area (Å²) in [5.41, 5.74) is 5.36. The maximum absolute atomic E-state index is 10.8. The number of thiophene rings is 1. The lowest BCUT2D eigenvalue weighted by molar-refractivity contribution is -0.368. The van der Waals surface area contributed by atoms with Crippen molar-refractivity contribution < 1.29 is 29.9 Å². The fourth-order valence-electron chi connectivity index (χ4n) is 5.04. The molecule has 0 bridgehead atoms. The van der Waals surface area contributed by atoms with Gasteiger partial charge >= 0.3 is 0 Å². The van der Waals surface area contributed by atoms with Crippen molar-refractivity contribution in [3.63, 3.8) is 0 Å². The molecule has 0 unspecified atom stereocenters. The van der Waals surface area contributed by atoms with Gasteiger partial charge in [-0.1, -0.05) is 24.3 Å². The largest absolute Gasteiger partial charge is 0.394 e. The minimum Gasteiger partial charge on any atom is -0.394 e. The predicted molar refractivity (Wildman–Crippen MR) is 119 cm³/mol. The number of hydrogen-bond acceptors (Lipinski definition) is 7. The highest BCUT2D eigenvalue weighted by atomic mass is 32.1. The van der Waals surface area contributed by atoms with Gasteiger partial charge in [-0.15, -0.1) is 11.3 Å². The van der Waals surface area contributed by atoms with E-state index in [1.54, 1.807) is 11.3 Å². The summed E-state index contributed by atoms with van der Waals surface area (Å²) < 4.78 is 12.9. The second-order valence-corrected chi connectivity index (χ2v) is 10.1. The van der Waals surface area contributed by atoms with Crippen LogP contribution in [0, 0.1) is 0 Å². The van der Waals surface area contributed by atoms with Gasteiger partial charge in [-0.3, -0.25) is 0 Å². The van der Waals surface area contributed by atoms with Crippen LogP contribution in [0.1, 0.15) is 46.6 Å². The Kier molecular flexibility index (Phi) is 4.93. The lowest BCUT2D eigenvalue weighted by Crippen LogP contribution is -2.63. The van der Waals surface area contributed by atoms with Crippen LogP contribution in [0.4, 0.5) is 0 Å². The summed E-state index contributed by atoms with van der Waals surface area (Å²) in [5, 5.41) is 44.2. The van der Waals surface area contributed by atoms with Crippen molar-refractivity contribution >= 4 is 21.4 Å². The maximum Gasteiger partial charge on any atom is 0.225 e. The van der Waals surface area contributed by atoms with E-state index in [1.165, 1.54) is 29.5 Å². The summed E-state index contributed by atoms with van der Waals surface area (Å²) >= 11 is 1.67. The Morgan fingerprint density at radius 2 is 1.81 bits per heavy atom. The van der Waals surface area contributed by atoms with Crippen LogP contribution < -0.4 is 0 Å². The van der Waals surface area contributed by atoms with Gasteiger partial charge in [-0.2, -0.15) is 0 Å². The van der Waals surface area contributed by atoms with Crippen LogP contribution in [0.25, 0.3) is 10.1 Å². The van der Waals surface area contributed by atoms with Crippen molar-refractivity contribution in [3.8, 4) is 0 Å². The summed E-state index contributed by atoms with van der Waals surface area (Å²) in [4.78, 5) is 0. The summed E-state index contributed by atoms with van der Waals surface area (Å²) in [6.45, 7) is -0.270. The molecule has 0 radical (unpaired) electrons. The smallest absolute Gasteiger partial charge is 0.225 e. The highest BCUT2D eigenvalue weighted by Gasteiger charge is 2.58. The van der Waals surface area contributed by atoms with Gasteiger partial charge in [0, 0.05) is 10.3 Å². The number of aliphatic hydroxyl groups excluding tert-OH is 4. The van der Waals surface area contributed by atoms with Crippen molar-refractivity contribution in [2.24, 2.45) is 0 Å². The van der Waals surface area contributed by atoms with E-state index in [-0.39, 0.29) is 6.61 Å². The number of fused-ring (bicyclic) bond motifs is 3. The molecule has 2 aliphatic heterocycles. The fraction of sp³-hybridized carbons (Fsp3) is 0.440. The monoisotopic (exact) mass is 454 g/mol. The van der Waals surface area contributed by atoms with Crippen LogP contribution >= 0.6 is 11.3 Å². The van der Waals surface area contributed by atoms with Crippen LogP contribution in [-0.4, -0.2) is 51.4 Å². The molecule has 1 spiro atoms. The number of aliphatic hydroxyl groups is 4. The van der Waals surface area contributed by atoms with Crippen LogP contribution in [-0.2, 0) is 28.3 Å². The van der Waals surface area contributed by atoms with Crippen molar-refractivity contribution in [1.29, 1.82) is 0 Å². The molecular weight excluding hydrogens is 428 g/mol. The van der Waals surface area contributed by atoms with Crippen molar-refractivity contribution in [2.45, 2.75) is 62.0 Å². The van der Waals surface area contributed by atoms with Crippen LogP contribution in [0.15, 0.2) is 41.8 Å². The van der Waals surface area contributed by atoms with Gasteiger partial charge in [-0.05, 0) is 70.3 Å². The molecule has 1 saturated heterocycles. The molecule has 32 heavy (non-hydrogen) atoms. The molecule has 2 aromatic carbocycles. The first-order valence-electron chi connectivity index (χ1n) is 11.1. The molecule has 3 aromatic rings. The Morgan fingerprint density at radius 3 is 2.53 bits per heavy atom. The molecule has 3 aliphatic rings. The van der Waals surface area contributed by atoms with Gasteiger partial charge in [0.25, 0.3) is 0 Å². The summed E-state index contributed by atoms with van der Waals surface area (Å²) in [5.74, 6) is -0.871. The molecule has 1 saturated carbocycles. The molecule has 1 aromatic heterocycles. The zero-order chi connectivity index (χ0) is 22.0. The molecule has 2 fully saturated rings. The number of benzene rings is 2. The lowest BCUT2D eigenvalue weighted by atomic mass is 9.87. The van der Waals surface area contributed by atoms with Crippen LogP contribution in [0.3, 0.4) is 0 Å². The topological polar surface area (TPSA) is 99.4 Å². The second kappa shape index (κ2) is 7.60. The first-order valence-corrected chi connectivity index (χ1v) is 12.0. The molecule has 4 N–H and O–H groups in total. The molecule has 1 aliphatic carbocycles. The van der Waals surface area contributed by atoms with E-state index >= 15 is 0 Å². The Hall–Kier alpha value is -1.84. The molecular formula is C25H26O6S. The SMILES string of the molecule is OC[C@H]1O[C@]2(OCc3cc4scc(Cc5ccc(C6CC6)cc5)c4cc32)[C@H](O)[C@@H](O)[C@@H]1O. The predicted octanol–water partition coefficient (Wildman–Crippen LogP) is 2.53. The summed E-state index contributed by atoms with van der Waals surface area (Å²) in [7, 11) is 0. The van der Waals surface area contributed by atoms with Crippen molar-refractivity contribution in [3.05, 3.63) is 69.6 Å². The van der Waals surface area contributed by atoms with E-state index in [9.17, 15) is 20.4 Å². The first-order chi connectivity index (χ1) is 15.5. The van der Waals surface area contributed by atoms with Crippen LogP contribution in [0.5, 0.6) is 0 Å². The van der Waals surface area contributed by atoms with E-state index < -0.39 is 36.8 Å². The Balaban J connectivity index is 1.37. The minimum absolute atomic E-state index is 0.221. The van der Waals surface area contributed by atoms with Crippen LogP contribution in [0.2, 0.25) is 0 Å². The van der Waals surface area contributed by atoms with Crippen molar-refractivity contribution in [2.75, 3.05) is 6.61 Å². The summed E-state index contributed by atoms with van der Waals surface area (Å²) in [6, 6.07) is 12.9. The van der Waals surface area contributed by atoms with E-state index in [2.05, 4.69) is 29.6 Å². The Bertz CT molecular complexity index is 1150. The Morgan fingerprint density at radius 1 is 1.03 bits per heavy atom. The zero-order valence-electron chi connectivity index (χ0n) is 17.5. The molecule has 7 heteroatoms. The third-order valence-corrected chi connectivity index (χ3v) is 8.06. The van der Waals surface area contributed by atoms with Crippen molar-refractivity contribution in [1.82, 2.24) is 0 Å². The Labute approximate surface area is 189 Å². The summed E-state index contributed by atoms with van der Waals surface area (Å²) in [6.07, 6.45) is -2.04. The highest BCUT2D eigenvalue weighted by Crippen LogP contribution is 2.48. The molecule has 3 heterocycles. The molecule has 6 nitrogen and oxygen atoms in total. The average Bonchev–Trinajstić information content (AvgIpc) is 3.51. The average molecular weight is 455 g/mol. The third-order valence-electron chi connectivity index (χ3n) is 7.07. The molecule has 5 atom stereocenters. The molecule has 168 valence electrons. The van der Waals surface area contributed by atoms with Gasteiger partial charge in [-0.25, -0.2) is 0 Å². The van der Waals surface area contributed by atoms with Gasteiger partial charge in [0.05, 0.1) is 13.2 Å². The quantitative estimate of drug-likeness (QED) is 0.484. The van der Waals surface area contributed by atoms with Gasteiger partial charge in [0.2, 0.25) is 5.79 Å². The number of hydrogen-bond donors (Lipinski definition) is 4. The number of rotatable bonds is 4. The van der Waals surface area contributed by atoms with Gasteiger partial charge < -0.3 is 29.9 Å². The van der Waals surface area contributed by atoms with Gasteiger partial charge in [0.1, 0.15) is 24.4 Å². The van der Waals surface area contributed by atoms with E-state index in [0.717, 1.165) is 28.0 Å².